The summed E-state index contributed by atoms with van der Waals surface area (Å²) in [5.74, 6) is 0.510. The van der Waals surface area contributed by atoms with E-state index in [1.807, 2.05) is 28.9 Å². The first-order valence-electron chi connectivity index (χ1n) is 7.64. The minimum absolute atomic E-state index is 0.467. The number of halogens is 1. The van der Waals surface area contributed by atoms with E-state index < -0.39 is 5.54 Å². The van der Waals surface area contributed by atoms with Gasteiger partial charge in [0.15, 0.2) is 0 Å². The van der Waals surface area contributed by atoms with Crippen molar-refractivity contribution in [3.05, 3.63) is 71.3 Å². The second-order valence-electron chi connectivity index (χ2n) is 6.12. The van der Waals surface area contributed by atoms with Gasteiger partial charge in [-0.3, -0.25) is 14.7 Å². The number of nitrogens with two attached hydrogens (primary N) is 1. The fourth-order valence-electron chi connectivity index (χ4n) is 3.09. The summed E-state index contributed by atoms with van der Waals surface area (Å²) in [6.07, 6.45) is 5.18. The summed E-state index contributed by atoms with van der Waals surface area (Å²) in [4.78, 5) is 8.90. The van der Waals surface area contributed by atoms with Crippen LogP contribution < -0.4 is 5.73 Å². The molecule has 1 atom stereocenters. The quantitative estimate of drug-likeness (QED) is 0.780. The third-order valence-corrected chi connectivity index (χ3v) is 4.53. The molecule has 1 unspecified atom stereocenters. The van der Waals surface area contributed by atoms with Gasteiger partial charge in [-0.15, -0.1) is 0 Å². The van der Waals surface area contributed by atoms with Crippen LogP contribution in [0.3, 0.4) is 0 Å². The zero-order chi connectivity index (χ0) is 16.7. The van der Waals surface area contributed by atoms with Gasteiger partial charge in [0, 0.05) is 24.2 Å². The molecule has 3 heterocycles. The highest BCUT2D eigenvalue weighted by Crippen LogP contribution is 2.33. The highest BCUT2D eigenvalue weighted by molar-refractivity contribution is 6.30. The number of fused-ring (bicyclic) bond motifs is 1. The molecule has 5 nitrogen and oxygen atoms in total. The van der Waals surface area contributed by atoms with Crippen LogP contribution >= 0.6 is 11.6 Å². The predicted octanol–water partition coefficient (Wildman–Crippen LogP) is 3.23. The maximum atomic E-state index is 6.13. The summed E-state index contributed by atoms with van der Waals surface area (Å²) in [7, 11) is 0. The standard InChI is InChI=1S/C18H16ClN5/c1-18(11-24-16(5-6-22-24)17(20)23-18)14-4-2-3-12(7-14)13-8-15(19)10-21-9-13/h2-10H,11H2,1H3,(H2,20,23). The number of rotatable bonds is 2. The molecule has 3 aromatic rings. The average molecular weight is 338 g/mol. The van der Waals surface area contributed by atoms with E-state index in [1.165, 1.54) is 0 Å². The summed E-state index contributed by atoms with van der Waals surface area (Å²) in [6.45, 7) is 2.72. The Labute approximate surface area is 144 Å². The number of aromatic nitrogens is 3. The number of nitrogens with zero attached hydrogens (tertiary/aromatic N) is 4. The van der Waals surface area contributed by atoms with Gasteiger partial charge in [0.25, 0.3) is 0 Å². The maximum Gasteiger partial charge on any atom is 0.145 e. The van der Waals surface area contributed by atoms with Gasteiger partial charge in [0.1, 0.15) is 17.1 Å². The van der Waals surface area contributed by atoms with Crippen molar-refractivity contribution in [3.8, 4) is 11.1 Å². The molecule has 0 amide bonds. The Kier molecular flexibility index (Phi) is 3.39. The summed E-state index contributed by atoms with van der Waals surface area (Å²) in [6, 6.07) is 12.0. The molecular weight excluding hydrogens is 322 g/mol. The fourth-order valence-corrected chi connectivity index (χ4v) is 3.26. The summed E-state index contributed by atoms with van der Waals surface area (Å²) in [5, 5.41) is 4.96. The van der Waals surface area contributed by atoms with Gasteiger partial charge < -0.3 is 5.73 Å². The van der Waals surface area contributed by atoms with Gasteiger partial charge in [-0.05, 0) is 36.2 Å². The van der Waals surface area contributed by atoms with Gasteiger partial charge in [-0.1, -0.05) is 29.8 Å². The molecule has 2 aromatic heterocycles. The van der Waals surface area contributed by atoms with Gasteiger partial charge in [0.05, 0.1) is 11.6 Å². The number of hydrogen-bond donors (Lipinski definition) is 1. The predicted molar refractivity (Wildman–Crippen MR) is 95.0 cm³/mol. The Morgan fingerprint density at radius 1 is 1.17 bits per heavy atom. The SMILES string of the molecule is CC1(c2cccc(-c3cncc(Cl)c3)c2)Cn2nccc2C(N)=N1. The van der Waals surface area contributed by atoms with E-state index in [0.717, 1.165) is 22.4 Å². The third-order valence-electron chi connectivity index (χ3n) is 4.33. The number of aliphatic imine (C=N–C) groups is 1. The Hall–Kier alpha value is -2.66. The first kappa shape index (κ1) is 14.9. The molecule has 0 aliphatic carbocycles. The normalized spacial score (nSPS) is 19.7. The lowest BCUT2D eigenvalue weighted by Crippen LogP contribution is -2.37. The average Bonchev–Trinajstić information content (AvgIpc) is 3.03. The molecule has 120 valence electrons. The number of benzene rings is 1. The van der Waals surface area contributed by atoms with Crippen LogP contribution in [0.4, 0.5) is 0 Å². The first-order chi connectivity index (χ1) is 11.5. The van der Waals surface area contributed by atoms with Crippen molar-refractivity contribution in [2.24, 2.45) is 10.7 Å². The Balaban J connectivity index is 1.78. The van der Waals surface area contributed by atoms with E-state index >= 15 is 0 Å². The zero-order valence-corrected chi connectivity index (χ0v) is 13.9. The highest BCUT2D eigenvalue weighted by atomic mass is 35.5. The van der Waals surface area contributed by atoms with Crippen molar-refractivity contribution < 1.29 is 0 Å². The Morgan fingerprint density at radius 3 is 2.88 bits per heavy atom. The zero-order valence-electron chi connectivity index (χ0n) is 13.1. The largest absolute Gasteiger partial charge is 0.382 e. The van der Waals surface area contributed by atoms with Gasteiger partial charge in [-0.2, -0.15) is 5.10 Å². The van der Waals surface area contributed by atoms with Crippen LogP contribution in [0, 0.1) is 0 Å². The highest BCUT2D eigenvalue weighted by Gasteiger charge is 2.32. The lowest BCUT2D eigenvalue weighted by molar-refractivity contribution is 0.377. The third kappa shape index (κ3) is 2.47. The van der Waals surface area contributed by atoms with Crippen LogP contribution in [0.1, 0.15) is 18.2 Å². The van der Waals surface area contributed by atoms with Crippen LogP contribution in [0.25, 0.3) is 11.1 Å². The minimum atomic E-state index is -0.467. The van der Waals surface area contributed by atoms with Crippen molar-refractivity contribution in [2.75, 3.05) is 0 Å². The molecule has 0 radical (unpaired) electrons. The smallest absolute Gasteiger partial charge is 0.145 e. The number of pyridine rings is 1. The molecule has 1 aliphatic heterocycles. The van der Waals surface area contributed by atoms with Crippen LogP contribution in [-0.2, 0) is 12.1 Å². The molecule has 0 fully saturated rings. The maximum absolute atomic E-state index is 6.13. The van der Waals surface area contributed by atoms with Crippen LogP contribution in [-0.4, -0.2) is 20.6 Å². The minimum Gasteiger partial charge on any atom is -0.382 e. The van der Waals surface area contributed by atoms with Gasteiger partial charge in [0.2, 0.25) is 0 Å². The molecular formula is C18H16ClN5. The summed E-state index contributed by atoms with van der Waals surface area (Å²) < 4.78 is 1.90. The van der Waals surface area contributed by atoms with Crippen molar-refractivity contribution >= 4 is 17.4 Å². The van der Waals surface area contributed by atoms with Crippen LogP contribution in [0.2, 0.25) is 5.02 Å². The van der Waals surface area contributed by atoms with Gasteiger partial charge >= 0.3 is 0 Å². The molecule has 0 saturated heterocycles. The molecule has 0 spiro atoms. The van der Waals surface area contributed by atoms with E-state index in [2.05, 4.69) is 29.1 Å². The molecule has 24 heavy (non-hydrogen) atoms. The van der Waals surface area contributed by atoms with E-state index in [-0.39, 0.29) is 0 Å². The molecule has 1 aromatic carbocycles. The molecule has 1 aliphatic rings. The van der Waals surface area contributed by atoms with E-state index in [9.17, 15) is 0 Å². The second kappa shape index (κ2) is 5.46. The van der Waals surface area contributed by atoms with Crippen molar-refractivity contribution in [1.29, 1.82) is 0 Å². The van der Waals surface area contributed by atoms with Crippen molar-refractivity contribution in [2.45, 2.75) is 19.0 Å². The molecule has 0 saturated carbocycles. The lowest BCUT2D eigenvalue weighted by atomic mass is 9.89. The molecule has 6 heteroatoms. The summed E-state index contributed by atoms with van der Waals surface area (Å²) in [5.41, 5.74) is 9.62. The van der Waals surface area contributed by atoms with Crippen molar-refractivity contribution in [1.82, 2.24) is 14.8 Å². The van der Waals surface area contributed by atoms with Crippen LogP contribution in [0.5, 0.6) is 0 Å². The molecule has 2 N–H and O–H groups in total. The van der Waals surface area contributed by atoms with Crippen molar-refractivity contribution in [3.63, 3.8) is 0 Å². The number of amidine groups is 1. The monoisotopic (exact) mass is 337 g/mol. The topological polar surface area (TPSA) is 69.1 Å². The van der Waals surface area contributed by atoms with E-state index in [0.29, 0.717) is 17.4 Å². The van der Waals surface area contributed by atoms with Crippen LogP contribution in [0.15, 0.2) is 60.0 Å². The first-order valence-corrected chi connectivity index (χ1v) is 8.02. The summed E-state index contributed by atoms with van der Waals surface area (Å²) >= 11 is 6.06. The van der Waals surface area contributed by atoms with E-state index in [4.69, 9.17) is 22.3 Å². The second-order valence-corrected chi connectivity index (χ2v) is 6.55. The fraction of sp³-hybridized carbons (Fsp3) is 0.167. The molecule has 4 rings (SSSR count). The Bertz CT molecular complexity index is 946. The van der Waals surface area contributed by atoms with Gasteiger partial charge in [-0.25, -0.2) is 0 Å². The number of hydrogen-bond acceptors (Lipinski definition) is 4. The van der Waals surface area contributed by atoms with E-state index in [1.54, 1.807) is 18.6 Å². The Morgan fingerprint density at radius 2 is 2.04 bits per heavy atom. The lowest BCUT2D eigenvalue weighted by Gasteiger charge is -2.31. The molecule has 0 bridgehead atoms.